The lowest BCUT2D eigenvalue weighted by Gasteiger charge is -2.15. The van der Waals surface area contributed by atoms with E-state index in [2.05, 4.69) is 30.5 Å². The Hall–Kier alpha value is -2.69. The lowest BCUT2D eigenvalue weighted by Crippen LogP contribution is -2.31. The molecule has 2 aromatic rings. The van der Waals surface area contributed by atoms with Gasteiger partial charge in [0.1, 0.15) is 11.5 Å². The zero-order valence-electron chi connectivity index (χ0n) is 15.9. The summed E-state index contributed by atoms with van der Waals surface area (Å²) in [6.45, 7) is 6.26. The summed E-state index contributed by atoms with van der Waals surface area (Å²) < 4.78 is 11.6. The van der Waals surface area contributed by atoms with Gasteiger partial charge in [-0.05, 0) is 30.0 Å². The van der Waals surface area contributed by atoms with Gasteiger partial charge in [0.15, 0.2) is 0 Å². The molecule has 0 unspecified atom stereocenters. The highest BCUT2D eigenvalue weighted by molar-refractivity contribution is 5.90. The molecule has 27 heavy (non-hydrogen) atoms. The number of anilines is 1. The Balaban J connectivity index is 1.41. The second kappa shape index (κ2) is 7.51. The third-order valence-electron chi connectivity index (χ3n) is 5.25. The maximum atomic E-state index is 12.4. The van der Waals surface area contributed by atoms with Gasteiger partial charge < -0.3 is 20.1 Å². The molecule has 0 spiro atoms. The van der Waals surface area contributed by atoms with Crippen LogP contribution in [0.3, 0.4) is 0 Å². The summed E-state index contributed by atoms with van der Waals surface area (Å²) in [5.74, 6) is 2.35. The second-order valence-corrected chi connectivity index (χ2v) is 7.39. The van der Waals surface area contributed by atoms with Crippen LogP contribution in [0.25, 0.3) is 0 Å². The molecule has 4 rings (SSSR count). The number of amides is 2. The van der Waals surface area contributed by atoms with Crippen molar-refractivity contribution in [1.82, 2.24) is 5.32 Å². The van der Waals surface area contributed by atoms with E-state index in [4.69, 9.17) is 9.47 Å². The van der Waals surface area contributed by atoms with E-state index in [0.29, 0.717) is 12.5 Å². The molecular weight excluding hydrogens is 340 g/mol. The highest BCUT2D eigenvalue weighted by Crippen LogP contribution is 2.40. The fraction of sp³-hybridized carbons (Fsp3) is 0.409. The van der Waals surface area contributed by atoms with Crippen molar-refractivity contribution in [1.29, 1.82) is 0 Å². The van der Waals surface area contributed by atoms with E-state index in [1.807, 2.05) is 24.3 Å². The summed E-state index contributed by atoms with van der Waals surface area (Å²) in [4.78, 5) is 12.4. The van der Waals surface area contributed by atoms with Gasteiger partial charge in [-0.25, -0.2) is 4.79 Å². The normalized spacial score (nSPS) is 14.3. The van der Waals surface area contributed by atoms with Crippen molar-refractivity contribution in [3.05, 3.63) is 52.6 Å². The lowest BCUT2D eigenvalue weighted by atomic mass is 9.97. The molecule has 0 atom stereocenters. The van der Waals surface area contributed by atoms with Crippen molar-refractivity contribution in [3.8, 4) is 11.5 Å². The van der Waals surface area contributed by atoms with Gasteiger partial charge >= 0.3 is 6.03 Å². The van der Waals surface area contributed by atoms with Crippen LogP contribution in [0.4, 0.5) is 10.5 Å². The Morgan fingerprint density at radius 1 is 1.15 bits per heavy atom. The zero-order chi connectivity index (χ0) is 18.8. The van der Waals surface area contributed by atoms with Crippen LogP contribution in [0, 0.1) is 0 Å². The fourth-order valence-electron chi connectivity index (χ4n) is 3.93. The molecule has 2 aliphatic rings. The number of urea groups is 1. The number of fused-ring (bicyclic) bond motifs is 2. The van der Waals surface area contributed by atoms with Gasteiger partial charge in [0.25, 0.3) is 0 Å². The average Bonchev–Trinajstić information content (AvgIpc) is 3.30. The largest absolute Gasteiger partial charge is 0.493 e. The quantitative estimate of drug-likeness (QED) is 0.839. The Bertz CT molecular complexity index is 829. The first-order valence-corrected chi connectivity index (χ1v) is 9.70. The summed E-state index contributed by atoms with van der Waals surface area (Å²) in [5.41, 5.74) is 5.66. The van der Waals surface area contributed by atoms with Gasteiger partial charge in [0.05, 0.1) is 13.2 Å². The van der Waals surface area contributed by atoms with Gasteiger partial charge in [0, 0.05) is 41.8 Å². The number of hydrogen-bond acceptors (Lipinski definition) is 3. The minimum atomic E-state index is -0.176. The van der Waals surface area contributed by atoms with E-state index < -0.39 is 0 Å². The zero-order valence-corrected chi connectivity index (χ0v) is 15.9. The first-order valence-electron chi connectivity index (χ1n) is 9.70. The predicted octanol–water partition coefficient (Wildman–Crippen LogP) is 4.04. The lowest BCUT2D eigenvalue weighted by molar-refractivity contribution is 0.252. The molecule has 0 aromatic heterocycles. The third-order valence-corrected chi connectivity index (χ3v) is 5.25. The SMILES string of the molecule is CC(C)c1ccccc1NC(=O)NCCc1c2c(cc3c1OCC3)OCC2. The van der Waals surface area contributed by atoms with Crippen molar-refractivity contribution < 1.29 is 14.3 Å². The van der Waals surface area contributed by atoms with Crippen molar-refractivity contribution in [2.45, 2.75) is 39.0 Å². The molecule has 0 aliphatic carbocycles. The van der Waals surface area contributed by atoms with Crippen LogP contribution in [0.15, 0.2) is 30.3 Å². The van der Waals surface area contributed by atoms with Crippen LogP contribution in [0.2, 0.25) is 0 Å². The summed E-state index contributed by atoms with van der Waals surface area (Å²) in [6.07, 6.45) is 2.59. The predicted molar refractivity (Wildman–Crippen MR) is 106 cm³/mol. The minimum absolute atomic E-state index is 0.176. The average molecular weight is 366 g/mol. The van der Waals surface area contributed by atoms with E-state index in [-0.39, 0.29) is 6.03 Å². The molecule has 2 aliphatic heterocycles. The van der Waals surface area contributed by atoms with E-state index in [9.17, 15) is 4.79 Å². The maximum Gasteiger partial charge on any atom is 0.319 e. The molecule has 0 radical (unpaired) electrons. The molecule has 5 heteroatoms. The van der Waals surface area contributed by atoms with Crippen LogP contribution in [-0.2, 0) is 19.3 Å². The van der Waals surface area contributed by atoms with Crippen LogP contribution in [0.1, 0.15) is 42.0 Å². The van der Waals surface area contributed by atoms with E-state index >= 15 is 0 Å². The van der Waals surface area contributed by atoms with Crippen LogP contribution >= 0.6 is 0 Å². The van der Waals surface area contributed by atoms with Gasteiger partial charge in [0.2, 0.25) is 0 Å². The fourth-order valence-corrected chi connectivity index (χ4v) is 3.93. The Morgan fingerprint density at radius 3 is 2.81 bits per heavy atom. The third kappa shape index (κ3) is 3.59. The molecule has 5 nitrogen and oxygen atoms in total. The second-order valence-electron chi connectivity index (χ2n) is 7.39. The number of carbonyl (C=O) groups is 1. The summed E-state index contributed by atoms with van der Waals surface area (Å²) in [7, 11) is 0. The number of benzene rings is 2. The maximum absolute atomic E-state index is 12.4. The number of nitrogens with one attached hydrogen (secondary N) is 2. The van der Waals surface area contributed by atoms with Gasteiger partial charge in [-0.2, -0.15) is 0 Å². The molecule has 2 amide bonds. The molecule has 0 saturated heterocycles. The van der Waals surface area contributed by atoms with Gasteiger partial charge in [-0.3, -0.25) is 0 Å². The molecule has 0 saturated carbocycles. The highest BCUT2D eigenvalue weighted by atomic mass is 16.5. The van der Waals surface area contributed by atoms with Gasteiger partial charge in [-0.1, -0.05) is 32.0 Å². The van der Waals surface area contributed by atoms with Crippen LogP contribution in [0.5, 0.6) is 11.5 Å². The highest BCUT2D eigenvalue weighted by Gasteiger charge is 2.26. The molecule has 2 heterocycles. The van der Waals surface area contributed by atoms with E-state index in [0.717, 1.165) is 55.2 Å². The molecule has 2 N–H and O–H groups in total. The summed E-state index contributed by atoms with van der Waals surface area (Å²) >= 11 is 0. The van der Waals surface area contributed by atoms with Crippen molar-refractivity contribution in [2.24, 2.45) is 0 Å². The monoisotopic (exact) mass is 366 g/mol. The number of rotatable bonds is 5. The van der Waals surface area contributed by atoms with E-state index in [1.165, 1.54) is 16.7 Å². The van der Waals surface area contributed by atoms with Crippen molar-refractivity contribution in [2.75, 3.05) is 25.1 Å². The van der Waals surface area contributed by atoms with Crippen LogP contribution in [-0.4, -0.2) is 25.8 Å². The standard InChI is InChI=1S/C22H26N2O3/c1-14(2)16-5-3-4-6-19(16)24-22(25)23-10-7-18-17-9-12-26-20(17)13-15-8-11-27-21(15)18/h3-6,13-14H,7-12H2,1-2H3,(H2,23,24,25). The summed E-state index contributed by atoms with van der Waals surface area (Å²) in [5, 5.41) is 5.96. The Labute approximate surface area is 160 Å². The van der Waals surface area contributed by atoms with Crippen molar-refractivity contribution in [3.63, 3.8) is 0 Å². The van der Waals surface area contributed by atoms with Gasteiger partial charge in [-0.15, -0.1) is 0 Å². The van der Waals surface area contributed by atoms with E-state index in [1.54, 1.807) is 0 Å². The Morgan fingerprint density at radius 2 is 1.96 bits per heavy atom. The molecule has 142 valence electrons. The smallest absolute Gasteiger partial charge is 0.319 e. The minimum Gasteiger partial charge on any atom is -0.493 e. The number of ether oxygens (including phenoxy) is 2. The number of para-hydroxylation sites is 1. The first-order chi connectivity index (χ1) is 13.1. The molecule has 2 aromatic carbocycles. The topological polar surface area (TPSA) is 59.6 Å². The first kappa shape index (κ1) is 17.7. The summed E-state index contributed by atoms with van der Waals surface area (Å²) in [6, 6.07) is 9.87. The van der Waals surface area contributed by atoms with Crippen molar-refractivity contribution >= 4 is 11.7 Å². The molecular formula is C22H26N2O3. The Kier molecular flexibility index (Phi) is 4.92. The number of hydrogen-bond donors (Lipinski definition) is 2. The molecule has 0 bridgehead atoms. The number of carbonyl (C=O) groups excluding carboxylic acids is 1. The van der Waals surface area contributed by atoms with Crippen LogP contribution < -0.4 is 20.1 Å². The molecule has 0 fully saturated rings.